The molecule has 1 heteroatoms. The molecular weight excluding hydrogens is 272 g/mol. The maximum atomic E-state index is 3.43. The summed E-state index contributed by atoms with van der Waals surface area (Å²) in [4.78, 5) is 1.44. The summed E-state index contributed by atoms with van der Waals surface area (Å²) in [7, 11) is 0. The topological polar surface area (TPSA) is 0 Å². The fraction of sp³-hybridized carbons (Fsp3) is 0.550. The fourth-order valence-electron chi connectivity index (χ4n) is 2.00. The molecule has 1 rings (SSSR count). The zero-order valence-electron chi connectivity index (χ0n) is 14.9. The molecule has 0 bridgehead atoms. The van der Waals surface area contributed by atoms with Crippen LogP contribution in [0.4, 0.5) is 0 Å². The van der Waals surface area contributed by atoms with Crippen molar-refractivity contribution in [3.05, 3.63) is 51.2 Å². The van der Waals surface area contributed by atoms with E-state index in [9.17, 15) is 0 Å². The van der Waals surface area contributed by atoms with Crippen LogP contribution in [0, 0.1) is 11.8 Å². The molecule has 0 aromatic carbocycles. The van der Waals surface area contributed by atoms with Crippen molar-refractivity contribution in [3.63, 3.8) is 0 Å². The standard InChI is InChI=1S/C20H30S/c1-13(2)15(5)9-10-16(6)18(8)20-17(7)11-12-19(21-20)14(3)4/h10-14,19H,1-8H3/b18-16+. The number of allylic oxidation sites excluding steroid dienone is 5. The summed E-state index contributed by atoms with van der Waals surface area (Å²) in [6, 6.07) is 0. The van der Waals surface area contributed by atoms with Crippen LogP contribution >= 0.6 is 11.8 Å². The first-order valence-electron chi connectivity index (χ1n) is 7.90. The molecule has 0 N–H and O–H groups in total. The summed E-state index contributed by atoms with van der Waals surface area (Å²) in [6.07, 6.45) is 6.77. The van der Waals surface area contributed by atoms with Crippen molar-refractivity contribution in [2.24, 2.45) is 11.8 Å². The normalized spacial score (nSPS) is 19.8. The van der Waals surface area contributed by atoms with E-state index < -0.39 is 0 Å². The fourth-order valence-corrected chi connectivity index (χ4v) is 3.29. The van der Waals surface area contributed by atoms with Crippen molar-refractivity contribution in [2.75, 3.05) is 0 Å². The minimum Gasteiger partial charge on any atom is -0.121 e. The second-order valence-electron chi connectivity index (χ2n) is 6.63. The van der Waals surface area contributed by atoms with Crippen molar-refractivity contribution in [1.82, 2.24) is 0 Å². The minimum atomic E-state index is 0.563. The second kappa shape index (κ2) is 7.92. The molecule has 1 aliphatic rings. The first kappa shape index (κ1) is 18.1. The first-order chi connectivity index (χ1) is 9.73. The van der Waals surface area contributed by atoms with Gasteiger partial charge in [0.2, 0.25) is 0 Å². The molecule has 0 fully saturated rings. The van der Waals surface area contributed by atoms with Crippen LogP contribution in [-0.2, 0) is 0 Å². The van der Waals surface area contributed by atoms with Gasteiger partial charge in [-0.15, -0.1) is 17.5 Å². The summed E-state index contributed by atoms with van der Waals surface area (Å²) < 4.78 is 0. The van der Waals surface area contributed by atoms with E-state index in [1.807, 2.05) is 11.8 Å². The molecule has 0 nitrogen and oxygen atoms in total. The molecule has 21 heavy (non-hydrogen) atoms. The molecule has 0 amide bonds. The average Bonchev–Trinajstić information content (AvgIpc) is 2.43. The first-order valence-corrected chi connectivity index (χ1v) is 8.78. The number of rotatable bonds is 4. The van der Waals surface area contributed by atoms with E-state index in [0.717, 1.165) is 0 Å². The van der Waals surface area contributed by atoms with E-state index in [0.29, 0.717) is 17.1 Å². The minimum absolute atomic E-state index is 0.563. The SMILES string of the molecule is CC(=C=C/C(C)=C(\C)C1=C(C)C=CC(C(C)C)S1)C(C)C. The van der Waals surface area contributed by atoms with Crippen LogP contribution in [0.25, 0.3) is 0 Å². The lowest BCUT2D eigenvalue weighted by Crippen LogP contribution is -2.11. The molecular formula is C20H30S. The monoisotopic (exact) mass is 302 g/mol. The molecule has 0 radical (unpaired) electrons. The molecule has 0 aromatic rings. The van der Waals surface area contributed by atoms with Crippen LogP contribution in [0.3, 0.4) is 0 Å². The Labute approximate surface area is 135 Å². The van der Waals surface area contributed by atoms with Crippen molar-refractivity contribution in [2.45, 2.75) is 60.6 Å². The molecule has 0 saturated carbocycles. The Balaban J connectivity index is 3.11. The Morgan fingerprint density at radius 3 is 2.33 bits per heavy atom. The summed E-state index contributed by atoms with van der Waals surface area (Å²) >= 11 is 2.01. The van der Waals surface area contributed by atoms with Gasteiger partial charge in [-0.2, -0.15) is 0 Å². The lowest BCUT2D eigenvalue weighted by atomic mass is 10.0. The third-order valence-corrected chi connectivity index (χ3v) is 5.96. The zero-order chi connectivity index (χ0) is 16.2. The molecule has 1 unspecified atom stereocenters. The highest BCUT2D eigenvalue weighted by Gasteiger charge is 2.19. The van der Waals surface area contributed by atoms with Crippen molar-refractivity contribution in [3.8, 4) is 0 Å². The molecule has 0 aliphatic carbocycles. The molecule has 0 aromatic heterocycles. The van der Waals surface area contributed by atoms with Crippen LogP contribution in [0.5, 0.6) is 0 Å². The average molecular weight is 303 g/mol. The molecule has 1 heterocycles. The van der Waals surface area contributed by atoms with Gasteiger partial charge in [0.05, 0.1) is 0 Å². The summed E-state index contributed by atoms with van der Waals surface area (Å²) in [5, 5.41) is 0.586. The van der Waals surface area contributed by atoms with E-state index in [2.05, 4.69) is 79.3 Å². The van der Waals surface area contributed by atoms with Gasteiger partial charge >= 0.3 is 0 Å². The van der Waals surface area contributed by atoms with Gasteiger partial charge in [0.1, 0.15) is 0 Å². The molecule has 1 aliphatic heterocycles. The Bertz CT molecular complexity index is 532. The maximum absolute atomic E-state index is 3.43. The van der Waals surface area contributed by atoms with E-state index in [1.165, 1.54) is 27.2 Å². The van der Waals surface area contributed by atoms with Crippen LogP contribution in [0.2, 0.25) is 0 Å². The predicted molar refractivity (Wildman–Crippen MR) is 98.5 cm³/mol. The highest BCUT2D eigenvalue weighted by atomic mass is 32.2. The van der Waals surface area contributed by atoms with E-state index in [4.69, 9.17) is 0 Å². The van der Waals surface area contributed by atoms with E-state index >= 15 is 0 Å². The Hall–Kier alpha value is -0.910. The van der Waals surface area contributed by atoms with Gasteiger partial charge in [0.25, 0.3) is 0 Å². The van der Waals surface area contributed by atoms with Crippen LogP contribution in [0.15, 0.2) is 51.2 Å². The van der Waals surface area contributed by atoms with Gasteiger partial charge in [-0.05, 0) is 67.9 Å². The lowest BCUT2D eigenvalue weighted by Gasteiger charge is -2.24. The van der Waals surface area contributed by atoms with Crippen LogP contribution < -0.4 is 0 Å². The van der Waals surface area contributed by atoms with Gasteiger partial charge in [0, 0.05) is 10.2 Å². The number of hydrogen-bond acceptors (Lipinski definition) is 1. The third kappa shape index (κ3) is 5.09. The summed E-state index contributed by atoms with van der Waals surface area (Å²) in [5.41, 5.74) is 8.83. The van der Waals surface area contributed by atoms with E-state index in [1.54, 1.807) is 0 Å². The molecule has 0 spiro atoms. The summed E-state index contributed by atoms with van der Waals surface area (Å²) in [5.74, 6) is 1.23. The van der Waals surface area contributed by atoms with Crippen molar-refractivity contribution in [1.29, 1.82) is 0 Å². The van der Waals surface area contributed by atoms with Gasteiger partial charge < -0.3 is 0 Å². The molecule has 1 atom stereocenters. The Morgan fingerprint density at radius 1 is 1.19 bits per heavy atom. The predicted octanol–water partition coefficient (Wildman–Crippen LogP) is 6.68. The van der Waals surface area contributed by atoms with Gasteiger partial charge in [-0.3, -0.25) is 0 Å². The smallest absolute Gasteiger partial charge is 0.0300 e. The van der Waals surface area contributed by atoms with Gasteiger partial charge in [-0.25, -0.2) is 0 Å². The quantitative estimate of drug-likeness (QED) is 0.412. The van der Waals surface area contributed by atoms with Gasteiger partial charge in [0.15, 0.2) is 0 Å². The van der Waals surface area contributed by atoms with Crippen molar-refractivity contribution < 1.29 is 0 Å². The maximum Gasteiger partial charge on any atom is 0.0300 e. The number of thioether (sulfide) groups is 1. The number of hydrogen-bond donors (Lipinski definition) is 0. The Kier molecular flexibility index (Phi) is 6.84. The van der Waals surface area contributed by atoms with E-state index in [-0.39, 0.29) is 0 Å². The highest BCUT2D eigenvalue weighted by molar-refractivity contribution is 8.04. The largest absolute Gasteiger partial charge is 0.121 e. The lowest BCUT2D eigenvalue weighted by molar-refractivity contribution is 0.678. The summed E-state index contributed by atoms with van der Waals surface area (Å²) in [6.45, 7) is 17.8. The van der Waals surface area contributed by atoms with Crippen LogP contribution in [-0.4, -0.2) is 5.25 Å². The third-order valence-electron chi connectivity index (χ3n) is 4.12. The van der Waals surface area contributed by atoms with Gasteiger partial charge in [-0.1, -0.05) is 39.8 Å². The van der Waals surface area contributed by atoms with Crippen LogP contribution in [0.1, 0.15) is 55.4 Å². The van der Waals surface area contributed by atoms with Crippen molar-refractivity contribution >= 4 is 11.8 Å². The Morgan fingerprint density at radius 2 is 1.81 bits per heavy atom. The molecule has 116 valence electrons. The second-order valence-corrected chi connectivity index (χ2v) is 7.82. The zero-order valence-corrected chi connectivity index (χ0v) is 15.7. The molecule has 0 saturated heterocycles. The highest BCUT2D eigenvalue weighted by Crippen LogP contribution is 2.39.